The molecule has 1 aliphatic heterocycles. The molecule has 0 saturated carbocycles. The molecule has 3 rings (SSSR count). The van der Waals surface area contributed by atoms with Gasteiger partial charge in [-0.1, -0.05) is 36.4 Å². The summed E-state index contributed by atoms with van der Waals surface area (Å²) in [6, 6.07) is 12.3. The van der Waals surface area contributed by atoms with Crippen LogP contribution in [0.3, 0.4) is 0 Å². The maximum atomic E-state index is 12.7. The first kappa shape index (κ1) is 18.6. The summed E-state index contributed by atoms with van der Waals surface area (Å²) in [6.45, 7) is -0.115. The van der Waals surface area contributed by atoms with Crippen LogP contribution in [0.2, 0.25) is 0 Å². The molecule has 8 heteroatoms. The summed E-state index contributed by atoms with van der Waals surface area (Å²) in [6.07, 6.45) is 0.403. The van der Waals surface area contributed by atoms with Gasteiger partial charge in [0, 0.05) is 12.6 Å². The monoisotopic (exact) mass is 393 g/mol. The predicted octanol–water partition coefficient (Wildman–Crippen LogP) is 2.12. The number of carbonyl (C=O) groups excluding carboxylic acids is 2. The van der Waals surface area contributed by atoms with E-state index >= 15 is 0 Å². The molecule has 1 aromatic heterocycles. The molecule has 1 saturated heterocycles. The predicted molar refractivity (Wildman–Crippen MR) is 98.7 cm³/mol. The molecule has 1 fully saturated rings. The standard InChI is InChI=1S/C18H19NO5S2/c20-17(12-24-18(21)16-7-4-9-25-16)19(11-14-5-2-1-3-6-14)15-8-10-26(22,23)13-15/h1-7,9,15H,8,10-13H2/t15-/m0/s1. The Hall–Kier alpha value is -2.19. The van der Waals surface area contributed by atoms with Crippen molar-refractivity contribution in [3.63, 3.8) is 0 Å². The van der Waals surface area contributed by atoms with E-state index in [0.717, 1.165) is 5.56 Å². The quantitative estimate of drug-likeness (QED) is 0.702. The number of esters is 1. The maximum absolute atomic E-state index is 12.7. The Balaban J connectivity index is 1.69. The Kier molecular flexibility index (Phi) is 5.73. The van der Waals surface area contributed by atoms with Crippen molar-refractivity contribution in [1.82, 2.24) is 4.90 Å². The first-order valence-electron chi connectivity index (χ1n) is 8.19. The van der Waals surface area contributed by atoms with Gasteiger partial charge in [-0.25, -0.2) is 13.2 Å². The molecular formula is C18H19NO5S2. The third-order valence-corrected chi connectivity index (χ3v) is 6.81. The minimum atomic E-state index is -3.13. The van der Waals surface area contributed by atoms with Gasteiger partial charge in [0.05, 0.1) is 11.5 Å². The summed E-state index contributed by atoms with van der Waals surface area (Å²) in [7, 11) is -3.13. The Morgan fingerprint density at radius 1 is 1.15 bits per heavy atom. The zero-order valence-corrected chi connectivity index (χ0v) is 15.7. The van der Waals surface area contributed by atoms with Crippen molar-refractivity contribution >= 4 is 33.1 Å². The molecule has 6 nitrogen and oxygen atoms in total. The van der Waals surface area contributed by atoms with Crippen LogP contribution in [-0.2, 0) is 25.9 Å². The van der Waals surface area contributed by atoms with Gasteiger partial charge in [0.1, 0.15) is 4.88 Å². The highest BCUT2D eigenvalue weighted by Crippen LogP contribution is 2.20. The molecule has 1 atom stereocenters. The van der Waals surface area contributed by atoms with Gasteiger partial charge in [-0.05, 0) is 23.4 Å². The molecule has 0 unspecified atom stereocenters. The van der Waals surface area contributed by atoms with E-state index in [4.69, 9.17) is 4.74 Å². The van der Waals surface area contributed by atoms with Crippen LogP contribution in [0.5, 0.6) is 0 Å². The van der Waals surface area contributed by atoms with E-state index in [0.29, 0.717) is 11.3 Å². The van der Waals surface area contributed by atoms with E-state index in [-0.39, 0.29) is 24.0 Å². The number of rotatable bonds is 6. The van der Waals surface area contributed by atoms with Crippen molar-refractivity contribution in [2.75, 3.05) is 18.1 Å². The summed E-state index contributed by atoms with van der Waals surface area (Å²) in [5, 5.41) is 1.75. The number of benzene rings is 1. The number of hydrogen-bond donors (Lipinski definition) is 0. The van der Waals surface area contributed by atoms with Gasteiger partial charge < -0.3 is 9.64 Å². The second-order valence-electron chi connectivity index (χ2n) is 6.12. The lowest BCUT2D eigenvalue weighted by Gasteiger charge is -2.28. The maximum Gasteiger partial charge on any atom is 0.348 e. The van der Waals surface area contributed by atoms with E-state index in [1.54, 1.807) is 17.5 Å². The summed E-state index contributed by atoms with van der Waals surface area (Å²) >= 11 is 1.24. The van der Waals surface area contributed by atoms with E-state index in [9.17, 15) is 18.0 Å². The Morgan fingerprint density at radius 2 is 1.92 bits per heavy atom. The molecule has 1 aromatic carbocycles. The van der Waals surface area contributed by atoms with Crippen molar-refractivity contribution < 1.29 is 22.7 Å². The van der Waals surface area contributed by atoms with Gasteiger partial charge in [0.25, 0.3) is 5.91 Å². The number of carbonyl (C=O) groups is 2. The normalized spacial score (nSPS) is 18.4. The van der Waals surface area contributed by atoms with Crippen LogP contribution >= 0.6 is 11.3 Å². The number of amides is 1. The Morgan fingerprint density at radius 3 is 2.54 bits per heavy atom. The second kappa shape index (κ2) is 8.01. The average Bonchev–Trinajstić information content (AvgIpc) is 3.28. The SMILES string of the molecule is O=C(OCC(=O)N(Cc1ccccc1)[C@H]1CCS(=O)(=O)C1)c1cccs1. The highest BCUT2D eigenvalue weighted by molar-refractivity contribution is 7.91. The topological polar surface area (TPSA) is 80.8 Å². The lowest BCUT2D eigenvalue weighted by Crippen LogP contribution is -2.42. The fraction of sp³-hybridized carbons (Fsp3) is 0.333. The molecule has 1 aliphatic rings. The number of nitrogens with zero attached hydrogens (tertiary/aromatic N) is 1. The lowest BCUT2D eigenvalue weighted by atomic mass is 10.1. The fourth-order valence-corrected chi connectivity index (χ4v) is 5.24. The third-order valence-electron chi connectivity index (χ3n) is 4.21. The molecule has 2 heterocycles. The summed E-state index contributed by atoms with van der Waals surface area (Å²) in [5.41, 5.74) is 0.898. The zero-order chi connectivity index (χ0) is 18.6. The second-order valence-corrected chi connectivity index (χ2v) is 9.29. The van der Waals surface area contributed by atoms with E-state index < -0.39 is 28.5 Å². The van der Waals surface area contributed by atoms with E-state index in [2.05, 4.69) is 0 Å². The summed E-state index contributed by atoms with van der Waals surface area (Å²) in [4.78, 5) is 26.6. The van der Waals surface area contributed by atoms with Gasteiger partial charge in [0.15, 0.2) is 16.4 Å². The average molecular weight is 393 g/mol. The largest absolute Gasteiger partial charge is 0.451 e. The van der Waals surface area contributed by atoms with Crippen LogP contribution in [0.25, 0.3) is 0 Å². The van der Waals surface area contributed by atoms with Gasteiger partial charge in [0.2, 0.25) is 0 Å². The minimum Gasteiger partial charge on any atom is -0.451 e. The molecule has 2 aromatic rings. The van der Waals surface area contributed by atoms with Crippen LogP contribution < -0.4 is 0 Å². The molecule has 138 valence electrons. The van der Waals surface area contributed by atoms with Gasteiger partial charge in [-0.3, -0.25) is 4.79 Å². The highest BCUT2D eigenvalue weighted by atomic mass is 32.2. The molecule has 1 amide bonds. The van der Waals surface area contributed by atoms with Crippen molar-refractivity contribution in [3.8, 4) is 0 Å². The lowest BCUT2D eigenvalue weighted by molar-refractivity contribution is -0.137. The van der Waals surface area contributed by atoms with Crippen molar-refractivity contribution in [2.24, 2.45) is 0 Å². The number of sulfone groups is 1. The molecular weight excluding hydrogens is 374 g/mol. The Labute approximate surface area is 156 Å². The molecule has 0 bridgehead atoms. The molecule has 0 radical (unpaired) electrons. The zero-order valence-electron chi connectivity index (χ0n) is 14.0. The van der Waals surface area contributed by atoms with E-state index in [1.165, 1.54) is 16.2 Å². The number of ether oxygens (including phenoxy) is 1. The van der Waals surface area contributed by atoms with Crippen molar-refractivity contribution in [3.05, 3.63) is 58.3 Å². The fourth-order valence-electron chi connectivity index (χ4n) is 2.90. The number of hydrogen-bond acceptors (Lipinski definition) is 6. The third kappa shape index (κ3) is 4.70. The van der Waals surface area contributed by atoms with Crippen LogP contribution in [-0.4, -0.2) is 49.3 Å². The molecule has 0 spiro atoms. The molecule has 0 aliphatic carbocycles. The van der Waals surface area contributed by atoms with Crippen LogP contribution in [0.4, 0.5) is 0 Å². The summed E-state index contributed by atoms with van der Waals surface area (Å²) < 4.78 is 28.7. The minimum absolute atomic E-state index is 0.0511. The Bertz CT molecular complexity index is 862. The highest BCUT2D eigenvalue weighted by Gasteiger charge is 2.35. The summed E-state index contributed by atoms with van der Waals surface area (Å²) in [5.74, 6) is -0.914. The molecule has 0 N–H and O–H groups in total. The molecule has 26 heavy (non-hydrogen) atoms. The van der Waals surface area contributed by atoms with Crippen molar-refractivity contribution in [2.45, 2.75) is 19.0 Å². The van der Waals surface area contributed by atoms with Crippen LogP contribution in [0, 0.1) is 0 Å². The first-order valence-corrected chi connectivity index (χ1v) is 10.9. The van der Waals surface area contributed by atoms with Gasteiger partial charge >= 0.3 is 5.97 Å². The van der Waals surface area contributed by atoms with Crippen molar-refractivity contribution in [1.29, 1.82) is 0 Å². The van der Waals surface area contributed by atoms with E-state index in [1.807, 2.05) is 30.3 Å². The first-order chi connectivity index (χ1) is 12.4. The van der Waals surface area contributed by atoms with Crippen LogP contribution in [0.15, 0.2) is 47.8 Å². The smallest absolute Gasteiger partial charge is 0.348 e. The number of thiophene rings is 1. The van der Waals surface area contributed by atoms with Crippen LogP contribution in [0.1, 0.15) is 21.7 Å². The van der Waals surface area contributed by atoms with Gasteiger partial charge in [-0.2, -0.15) is 0 Å². The van der Waals surface area contributed by atoms with Gasteiger partial charge in [-0.15, -0.1) is 11.3 Å².